The summed E-state index contributed by atoms with van der Waals surface area (Å²) in [6, 6.07) is 9.14. The molecule has 0 unspecified atom stereocenters. The van der Waals surface area contributed by atoms with Gasteiger partial charge >= 0.3 is 0 Å². The van der Waals surface area contributed by atoms with Gasteiger partial charge in [-0.2, -0.15) is 0 Å². The number of thiazole rings is 1. The summed E-state index contributed by atoms with van der Waals surface area (Å²) in [5.41, 5.74) is 0.643. The van der Waals surface area contributed by atoms with Gasteiger partial charge in [-0.1, -0.05) is 37.3 Å². The molecule has 0 aliphatic heterocycles. The van der Waals surface area contributed by atoms with Crippen LogP contribution in [0.25, 0.3) is 10.2 Å². The Morgan fingerprint density at radius 3 is 2.50 bits per heavy atom. The molecule has 0 N–H and O–H groups in total. The highest BCUT2D eigenvalue weighted by molar-refractivity contribution is 7.22. The highest BCUT2D eigenvalue weighted by Crippen LogP contribution is 2.32. The van der Waals surface area contributed by atoms with E-state index in [0.29, 0.717) is 28.5 Å². The van der Waals surface area contributed by atoms with Crippen LogP contribution in [0.2, 0.25) is 0 Å². The number of rotatable bonds is 8. The predicted molar refractivity (Wildman–Crippen MR) is 117 cm³/mol. The molecule has 2 aromatic carbocycles. The maximum Gasteiger partial charge on any atom is 0.273 e. The van der Waals surface area contributed by atoms with E-state index in [0.717, 1.165) is 13.1 Å². The smallest absolute Gasteiger partial charge is 0.273 e. The average molecular weight is 431 g/mol. The molecule has 3 aromatic rings. The van der Waals surface area contributed by atoms with Crippen LogP contribution in [0.15, 0.2) is 36.4 Å². The first kappa shape index (κ1) is 21.8. The second-order valence-corrected chi connectivity index (χ2v) is 7.78. The van der Waals surface area contributed by atoms with Crippen molar-refractivity contribution in [2.75, 3.05) is 31.1 Å². The van der Waals surface area contributed by atoms with Gasteiger partial charge < -0.3 is 4.90 Å². The number of aromatic nitrogens is 1. The van der Waals surface area contributed by atoms with Gasteiger partial charge in [0.15, 0.2) is 5.13 Å². The lowest BCUT2D eigenvalue weighted by Gasteiger charge is -2.25. The topological polar surface area (TPSA) is 79.6 Å². The largest absolute Gasteiger partial charge is 0.302 e. The first-order chi connectivity index (χ1) is 14.4. The molecule has 1 aromatic heterocycles. The van der Waals surface area contributed by atoms with Gasteiger partial charge in [0, 0.05) is 30.3 Å². The predicted octanol–water partition coefficient (Wildman–Crippen LogP) is 4.64. The number of likely N-dealkylation sites (N-methyl/N-ethyl adjacent to an activating group) is 1. The highest BCUT2D eigenvalue weighted by atomic mass is 32.1. The number of hydrogen-bond donors (Lipinski definition) is 0. The number of nitro benzene ring substituents is 1. The average Bonchev–Trinajstić information content (AvgIpc) is 3.16. The van der Waals surface area contributed by atoms with Gasteiger partial charge in [0.05, 0.1) is 9.62 Å². The van der Waals surface area contributed by atoms with E-state index >= 15 is 0 Å². The minimum atomic E-state index is -0.501. The second kappa shape index (κ2) is 9.27. The first-order valence-electron chi connectivity index (χ1n) is 9.70. The van der Waals surface area contributed by atoms with Crippen LogP contribution < -0.4 is 4.90 Å². The molecule has 0 spiro atoms. The van der Waals surface area contributed by atoms with Crippen LogP contribution in [-0.4, -0.2) is 46.9 Å². The molecular weight excluding hydrogens is 407 g/mol. The van der Waals surface area contributed by atoms with Gasteiger partial charge in [-0.05, 0) is 38.2 Å². The number of para-hydroxylation sites is 1. The molecule has 1 heterocycles. The van der Waals surface area contributed by atoms with Gasteiger partial charge in [-0.25, -0.2) is 9.37 Å². The van der Waals surface area contributed by atoms with Gasteiger partial charge in [-0.15, -0.1) is 0 Å². The van der Waals surface area contributed by atoms with Crippen LogP contribution in [0.4, 0.5) is 15.2 Å². The lowest BCUT2D eigenvalue weighted by molar-refractivity contribution is -0.385. The van der Waals surface area contributed by atoms with E-state index in [2.05, 4.69) is 9.88 Å². The molecule has 0 atom stereocenters. The molecule has 0 saturated heterocycles. The third-order valence-corrected chi connectivity index (χ3v) is 6.14. The summed E-state index contributed by atoms with van der Waals surface area (Å²) < 4.78 is 14.8. The van der Waals surface area contributed by atoms with Crippen molar-refractivity contribution in [3.8, 4) is 0 Å². The molecule has 30 heavy (non-hydrogen) atoms. The molecule has 0 aliphatic carbocycles. The van der Waals surface area contributed by atoms with Gasteiger partial charge in [0.25, 0.3) is 11.6 Å². The normalized spacial score (nSPS) is 11.2. The Kier molecular flexibility index (Phi) is 6.73. The lowest BCUT2D eigenvalue weighted by Crippen LogP contribution is -2.39. The van der Waals surface area contributed by atoms with E-state index in [4.69, 9.17) is 0 Å². The molecule has 0 radical (unpaired) electrons. The van der Waals surface area contributed by atoms with E-state index in [1.807, 2.05) is 13.8 Å². The minimum absolute atomic E-state index is 0.111. The van der Waals surface area contributed by atoms with Crippen molar-refractivity contribution < 1.29 is 14.1 Å². The number of benzene rings is 2. The Morgan fingerprint density at radius 2 is 1.87 bits per heavy atom. The van der Waals surface area contributed by atoms with E-state index in [9.17, 15) is 19.3 Å². The summed E-state index contributed by atoms with van der Waals surface area (Å²) in [4.78, 5) is 32.3. The Bertz CT molecular complexity index is 1080. The van der Waals surface area contributed by atoms with Crippen LogP contribution in [0, 0.1) is 22.9 Å². The van der Waals surface area contributed by atoms with Gasteiger partial charge in [-0.3, -0.25) is 19.8 Å². The van der Waals surface area contributed by atoms with Crippen molar-refractivity contribution in [1.82, 2.24) is 9.88 Å². The molecular formula is C21H23FN4O3S. The Balaban J connectivity index is 2.04. The zero-order chi connectivity index (χ0) is 21.8. The van der Waals surface area contributed by atoms with Crippen molar-refractivity contribution in [3.63, 3.8) is 0 Å². The monoisotopic (exact) mass is 430 g/mol. The van der Waals surface area contributed by atoms with E-state index < -0.39 is 10.7 Å². The number of anilines is 1. The van der Waals surface area contributed by atoms with Crippen LogP contribution in [0.5, 0.6) is 0 Å². The van der Waals surface area contributed by atoms with Gasteiger partial charge in [0.1, 0.15) is 11.3 Å². The van der Waals surface area contributed by atoms with Crippen molar-refractivity contribution in [1.29, 1.82) is 0 Å². The van der Waals surface area contributed by atoms with Crippen molar-refractivity contribution in [2.45, 2.75) is 20.8 Å². The highest BCUT2D eigenvalue weighted by Gasteiger charge is 2.26. The van der Waals surface area contributed by atoms with Crippen LogP contribution in [0.3, 0.4) is 0 Å². The summed E-state index contributed by atoms with van der Waals surface area (Å²) in [5.74, 6) is -0.833. The molecule has 3 rings (SSSR count). The number of nitro groups is 1. The fraction of sp³-hybridized carbons (Fsp3) is 0.333. The first-order valence-corrected chi connectivity index (χ1v) is 10.5. The molecule has 158 valence electrons. The van der Waals surface area contributed by atoms with E-state index in [1.54, 1.807) is 25.1 Å². The standard InChI is InChI=1S/C21H23FN4O3S/c1-4-24(5-2)12-13-25(21-23-19-16(22)9-7-11-18(19)30-21)20(27)15-8-6-10-17(14(15)3)26(28)29/h6-11H,4-5,12-13H2,1-3H3. The van der Waals surface area contributed by atoms with Gasteiger partial charge in [0.2, 0.25) is 0 Å². The van der Waals surface area contributed by atoms with Crippen molar-refractivity contribution in [3.05, 3.63) is 63.5 Å². The fourth-order valence-electron chi connectivity index (χ4n) is 3.28. The van der Waals surface area contributed by atoms with E-state index in [1.165, 1.54) is 34.4 Å². The summed E-state index contributed by atoms with van der Waals surface area (Å²) in [7, 11) is 0. The maximum absolute atomic E-state index is 14.2. The summed E-state index contributed by atoms with van der Waals surface area (Å²) >= 11 is 1.23. The second-order valence-electron chi connectivity index (χ2n) is 6.77. The summed E-state index contributed by atoms with van der Waals surface area (Å²) in [6.45, 7) is 8.22. The number of halogens is 1. The van der Waals surface area contributed by atoms with Crippen LogP contribution in [0.1, 0.15) is 29.8 Å². The zero-order valence-electron chi connectivity index (χ0n) is 17.1. The third kappa shape index (κ3) is 4.31. The SMILES string of the molecule is CCN(CC)CCN(C(=O)c1cccc([N+](=O)[O-])c1C)c1nc2c(F)cccc2s1. The summed E-state index contributed by atoms with van der Waals surface area (Å²) in [6.07, 6.45) is 0. The van der Waals surface area contributed by atoms with E-state index in [-0.39, 0.29) is 22.7 Å². The fourth-order valence-corrected chi connectivity index (χ4v) is 4.29. The number of hydrogen-bond acceptors (Lipinski definition) is 6. The quantitative estimate of drug-likeness (QED) is 0.384. The number of nitrogens with zero attached hydrogens (tertiary/aromatic N) is 4. The Hall–Kier alpha value is -2.91. The maximum atomic E-state index is 14.2. The molecule has 0 bridgehead atoms. The molecule has 7 nitrogen and oxygen atoms in total. The number of carbonyl (C=O) groups excluding carboxylic acids is 1. The number of carbonyl (C=O) groups is 1. The molecule has 0 fully saturated rings. The summed E-state index contributed by atoms with van der Waals surface area (Å²) in [5, 5.41) is 11.7. The Labute approximate surface area is 177 Å². The molecule has 0 aliphatic rings. The number of fused-ring (bicyclic) bond motifs is 1. The zero-order valence-corrected chi connectivity index (χ0v) is 17.9. The molecule has 9 heteroatoms. The lowest BCUT2D eigenvalue weighted by atomic mass is 10.1. The molecule has 1 amide bonds. The van der Waals surface area contributed by atoms with Crippen LogP contribution in [-0.2, 0) is 0 Å². The van der Waals surface area contributed by atoms with Crippen LogP contribution >= 0.6 is 11.3 Å². The number of amides is 1. The Morgan fingerprint density at radius 1 is 1.17 bits per heavy atom. The van der Waals surface area contributed by atoms with Crippen molar-refractivity contribution in [2.24, 2.45) is 0 Å². The third-order valence-electron chi connectivity index (χ3n) is 5.10. The van der Waals surface area contributed by atoms with Crippen molar-refractivity contribution >= 4 is 38.3 Å². The minimum Gasteiger partial charge on any atom is -0.302 e. The molecule has 0 saturated carbocycles.